The van der Waals surface area contributed by atoms with Crippen molar-refractivity contribution in [3.8, 4) is 0 Å². The van der Waals surface area contributed by atoms with E-state index in [1.165, 1.54) is 32.1 Å². The monoisotopic (exact) mass is 248 g/mol. The Balaban J connectivity index is 2.19. The van der Waals surface area contributed by atoms with Gasteiger partial charge in [-0.2, -0.15) is 0 Å². The lowest BCUT2D eigenvalue weighted by molar-refractivity contribution is 0.199. The fourth-order valence-corrected chi connectivity index (χ4v) is 2.79. The first-order valence-corrected chi connectivity index (χ1v) is 7.13. The molecule has 3 heteroatoms. The van der Waals surface area contributed by atoms with Crippen molar-refractivity contribution in [2.75, 3.05) is 11.4 Å². The number of piperidine rings is 1. The summed E-state index contributed by atoms with van der Waals surface area (Å²) in [6.07, 6.45) is 7.71. The van der Waals surface area contributed by atoms with Gasteiger partial charge >= 0.3 is 0 Å². The lowest BCUT2D eigenvalue weighted by atomic mass is 9.98. The molecule has 0 radical (unpaired) electrons. The topological polar surface area (TPSA) is 36.4 Å². The zero-order valence-electron chi connectivity index (χ0n) is 11.5. The maximum absolute atomic E-state index is 9.67. The largest absolute Gasteiger partial charge is 0.389 e. The minimum Gasteiger partial charge on any atom is -0.389 e. The van der Waals surface area contributed by atoms with Gasteiger partial charge in [0.15, 0.2) is 0 Å². The van der Waals surface area contributed by atoms with Crippen LogP contribution < -0.4 is 4.90 Å². The third-order valence-corrected chi connectivity index (χ3v) is 3.80. The summed E-state index contributed by atoms with van der Waals surface area (Å²) in [4.78, 5) is 6.92. The molecule has 0 aromatic carbocycles. The molecule has 18 heavy (non-hydrogen) atoms. The van der Waals surface area contributed by atoms with Crippen LogP contribution in [0, 0.1) is 0 Å². The van der Waals surface area contributed by atoms with Gasteiger partial charge in [0.2, 0.25) is 0 Å². The maximum Gasteiger partial charge on any atom is 0.129 e. The molecule has 0 saturated carbocycles. The van der Waals surface area contributed by atoms with Crippen LogP contribution in [0.2, 0.25) is 0 Å². The zero-order valence-corrected chi connectivity index (χ0v) is 11.5. The molecule has 2 atom stereocenters. The summed E-state index contributed by atoms with van der Waals surface area (Å²) >= 11 is 0. The molecule has 2 rings (SSSR count). The van der Waals surface area contributed by atoms with Gasteiger partial charge in [-0.3, -0.25) is 0 Å². The SMILES string of the molecule is CCCC1CCCCN1c1cc([C@@H](C)O)ccn1. The summed E-state index contributed by atoms with van der Waals surface area (Å²) in [6.45, 7) is 5.15. The second-order valence-electron chi connectivity index (χ2n) is 5.26. The quantitative estimate of drug-likeness (QED) is 0.888. The Morgan fingerprint density at radius 2 is 2.33 bits per heavy atom. The highest BCUT2D eigenvalue weighted by Crippen LogP contribution is 2.27. The standard InChI is InChI=1S/C15H24N2O/c1-3-6-14-7-4-5-10-17(14)15-11-13(12(2)18)8-9-16-15/h8-9,11-12,14,18H,3-7,10H2,1-2H3/t12-,14?/m1/s1. The van der Waals surface area contributed by atoms with E-state index in [2.05, 4.69) is 16.8 Å². The molecule has 3 nitrogen and oxygen atoms in total. The van der Waals surface area contributed by atoms with Gasteiger partial charge in [0.25, 0.3) is 0 Å². The summed E-state index contributed by atoms with van der Waals surface area (Å²) in [6, 6.07) is 4.56. The first-order chi connectivity index (χ1) is 8.72. The van der Waals surface area contributed by atoms with E-state index in [1.54, 1.807) is 6.92 Å². The van der Waals surface area contributed by atoms with Gasteiger partial charge in [-0.1, -0.05) is 13.3 Å². The maximum atomic E-state index is 9.67. The van der Waals surface area contributed by atoms with Crippen LogP contribution in [-0.2, 0) is 0 Å². The zero-order chi connectivity index (χ0) is 13.0. The molecule has 0 amide bonds. The van der Waals surface area contributed by atoms with Crippen LogP contribution in [0.15, 0.2) is 18.3 Å². The van der Waals surface area contributed by atoms with Gasteiger partial charge < -0.3 is 10.0 Å². The number of pyridine rings is 1. The summed E-state index contributed by atoms with van der Waals surface area (Å²) < 4.78 is 0. The van der Waals surface area contributed by atoms with Crippen molar-refractivity contribution in [1.82, 2.24) is 4.98 Å². The third kappa shape index (κ3) is 3.02. The van der Waals surface area contributed by atoms with Gasteiger partial charge in [0.05, 0.1) is 6.10 Å². The summed E-state index contributed by atoms with van der Waals surface area (Å²) in [5.41, 5.74) is 0.959. The minimum absolute atomic E-state index is 0.416. The highest BCUT2D eigenvalue weighted by molar-refractivity contribution is 5.43. The summed E-state index contributed by atoms with van der Waals surface area (Å²) in [7, 11) is 0. The highest BCUT2D eigenvalue weighted by Gasteiger charge is 2.23. The summed E-state index contributed by atoms with van der Waals surface area (Å²) in [5.74, 6) is 1.03. The molecule has 0 aliphatic carbocycles. The molecule has 1 aromatic rings. The first-order valence-electron chi connectivity index (χ1n) is 7.13. The van der Waals surface area contributed by atoms with E-state index in [9.17, 15) is 5.11 Å². The fourth-order valence-electron chi connectivity index (χ4n) is 2.79. The van der Waals surface area contributed by atoms with Gasteiger partial charge in [-0.05, 0) is 50.3 Å². The van der Waals surface area contributed by atoms with Gasteiger partial charge in [0.1, 0.15) is 5.82 Å². The highest BCUT2D eigenvalue weighted by atomic mass is 16.3. The molecule has 0 spiro atoms. The lowest BCUT2D eigenvalue weighted by Crippen LogP contribution is -2.40. The van der Waals surface area contributed by atoms with Crippen LogP contribution in [0.5, 0.6) is 0 Å². The van der Waals surface area contributed by atoms with Crippen LogP contribution in [0.1, 0.15) is 57.6 Å². The smallest absolute Gasteiger partial charge is 0.129 e. The van der Waals surface area contributed by atoms with Crippen molar-refractivity contribution in [3.05, 3.63) is 23.9 Å². The molecule has 1 fully saturated rings. The Morgan fingerprint density at radius 1 is 1.50 bits per heavy atom. The van der Waals surface area contributed by atoms with Crippen molar-refractivity contribution >= 4 is 5.82 Å². The first kappa shape index (κ1) is 13.3. The molecule has 0 bridgehead atoms. The molecular weight excluding hydrogens is 224 g/mol. The number of aliphatic hydroxyl groups excluding tert-OH is 1. The average Bonchev–Trinajstić information content (AvgIpc) is 2.40. The second kappa shape index (κ2) is 6.19. The van der Waals surface area contributed by atoms with Gasteiger partial charge in [0, 0.05) is 18.8 Å². The van der Waals surface area contributed by atoms with Crippen LogP contribution in [0.25, 0.3) is 0 Å². The number of aromatic nitrogens is 1. The molecule has 1 N–H and O–H groups in total. The van der Waals surface area contributed by atoms with E-state index in [-0.39, 0.29) is 0 Å². The number of aliphatic hydroxyl groups is 1. The molecule has 100 valence electrons. The average molecular weight is 248 g/mol. The Hall–Kier alpha value is -1.09. The third-order valence-electron chi connectivity index (χ3n) is 3.80. The van der Waals surface area contributed by atoms with Crippen molar-refractivity contribution in [2.24, 2.45) is 0 Å². The number of nitrogens with zero attached hydrogens (tertiary/aromatic N) is 2. The molecule has 1 aliphatic rings. The van der Waals surface area contributed by atoms with E-state index in [1.807, 2.05) is 18.3 Å². The van der Waals surface area contributed by atoms with E-state index in [0.29, 0.717) is 6.04 Å². The predicted octanol–water partition coefficient (Wildman–Crippen LogP) is 3.29. The number of hydrogen-bond donors (Lipinski definition) is 1. The van der Waals surface area contributed by atoms with Gasteiger partial charge in [-0.25, -0.2) is 4.98 Å². The van der Waals surface area contributed by atoms with Crippen molar-refractivity contribution in [2.45, 2.75) is 58.1 Å². The Kier molecular flexibility index (Phi) is 4.59. The number of hydrogen-bond acceptors (Lipinski definition) is 3. The lowest BCUT2D eigenvalue weighted by Gasteiger charge is -2.37. The molecule has 1 aromatic heterocycles. The van der Waals surface area contributed by atoms with Crippen LogP contribution in [0.3, 0.4) is 0 Å². The number of anilines is 1. The second-order valence-corrected chi connectivity index (χ2v) is 5.26. The Morgan fingerprint density at radius 3 is 3.06 bits per heavy atom. The fraction of sp³-hybridized carbons (Fsp3) is 0.667. The Bertz CT molecular complexity index is 377. The van der Waals surface area contributed by atoms with E-state index >= 15 is 0 Å². The van der Waals surface area contributed by atoms with Crippen molar-refractivity contribution < 1.29 is 5.11 Å². The van der Waals surface area contributed by atoms with Crippen LogP contribution in [0.4, 0.5) is 5.82 Å². The molecular formula is C15H24N2O. The predicted molar refractivity (Wildman–Crippen MR) is 74.8 cm³/mol. The van der Waals surface area contributed by atoms with Gasteiger partial charge in [-0.15, -0.1) is 0 Å². The minimum atomic E-state index is -0.416. The number of rotatable bonds is 4. The van der Waals surface area contributed by atoms with E-state index in [4.69, 9.17) is 0 Å². The molecule has 1 saturated heterocycles. The van der Waals surface area contributed by atoms with E-state index in [0.717, 1.165) is 17.9 Å². The molecule has 2 heterocycles. The molecule has 1 aliphatic heterocycles. The van der Waals surface area contributed by atoms with Crippen molar-refractivity contribution in [3.63, 3.8) is 0 Å². The van der Waals surface area contributed by atoms with E-state index < -0.39 is 6.10 Å². The van der Waals surface area contributed by atoms with Crippen LogP contribution in [-0.4, -0.2) is 22.7 Å². The van der Waals surface area contributed by atoms with Crippen LogP contribution >= 0.6 is 0 Å². The normalized spacial score (nSPS) is 21.9. The summed E-state index contributed by atoms with van der Waals surface area (Å²) in [5, 5.41) is 9.67. The molecule has 1 unspecified atom stereocenters. The van der Waals surface area contributed by atoms with Crippen molar-refractivity contribution in [1.29, 1.82) is 0 Å². The Labute approximate surface area is 110 Å².